The molecule has 1 N–H and O–H groups in total. The zero-order chi connectivity index (χ0) is 16.5. The monoisotopic (exact) mass is 322 g/mol. The van der Waals surface area contributed by atoms with Crippen LogP contribution in [-0.2, 0) is 4.74 Å². The van der Waals surface area contributed by atoms with E-state index in [1.54, 1.807) is 4.90 Å². The Kier molecular flexibility index (Phi) is 7.69. The fraction of sp³-hybridized carbons (Fsp3) is 0.684. The second-order valence-electron chi connectivity index (χ2n) is 6.69. The highest BCUT2D eigenvalue weighted by atomic mass is 16.5. The number of piperidine rings is 1. The molecule has 0 aliphatic carbocycles. The molecule has 4 nitrogen and oxygen atoms in total. The fourth-order valence-electron chi connectivity index (χ4n) is 3.50. The lowest BCUT2D eigenvalue weighted by Crippen LogP contribution is -3.14. The molecule has 130 valence electrons. The first-order chi connectivity index (χ1) is 11.2. The van der Waals surface area contributed by atoms with Crippen molar-refractivity contribution >= 4 is 0 Å². The minimum absolute atomic E-state index is 0.562. The molecule has 4 heteroatoms. The van der Waals surface area contributed by atoms with Gasteiger partial charge in [0.1, 0.15) is 13.2 Å². The molecule has 0 saturated carbocycles. The standard InChI is InChI=1S/C19H31NO3/c1-4-22-18-7-5-6-8-19(18)23-12-11-21-10-9-20-14-16(2)13-17(3)15-20/h5-8,16-17H,4,9-15H2,1-3H3/p+1/t16-,17+. The molecule has 3 atom stereocenters. The Morgan fingerprint density at radius 3 is 2.26 bits per heavy atom. The Hall–Kier alpha value is -1.26. The van der Waals surface area contributed by atoms with Gasteiger partial charge in [0.05, 0.1) is 32.9 Å². The maximum absolute atomic E-state index is 5.76. The Balaban J connectivity index is 1.59. The minimum atomic E-state index is 0.562. The third kappa shape index (κ3) is 6.40. The molecule has 1 fully saturated rings. The first kappa shape index (κ1) is 18.1. The molecule has 1 unspecified atom stereocenters. The predicted octanol–water partition coefficient (Wildman–Crippen LogP) is 2.04. The number of benzene rings is 1. The SMILES string of the molecule is CCOc1ccccc1OCCOCC[NH+]1C[C@H](C)C[C@H](C)C1. The Morgan fingerprint density at radius 2 is 1.61 bits per heavy atom. The molecule has 0 bridgehead atoms. The van der Waals surface area contributed by atoms with Crippen molar-refractivity contribution in [1.82, 2.24) is 0 Å². The van der Waals surface area contributed by atoms with E-state index >= 15 is 0 Å². The van der Waals surface area contributed by atoms with Gasteiger partial charge in [-0.25, -0.2) is 0 Å². The zero-order valence-corrected chi connectivity index (χ0v) is 14.8. The van der Waals surface area contributed by atoms with Crippen LogP contribution in [0.3, 0.4) is 0 Å². The molecule has 1 saturated heterocycles. The van der Waals surface area contributed by atoms with Crippen molar-refractivity contribution in [2.24, 2.45) is 11.8 Å². The molecule has 0 amide bonds. The lowest BCUT2D eigenvalue weighted by Gasteiger charge is -2.31. The molecule has 1 aromatic carbocycles. The smallest absolute Gasteiger partial charge is 0.161 e. The van der Waals surface area contributed by atoms with Crippen LogP contribution in [0.5, 0.6) is 11.5 Å². The van der Waals surface area contributed by atoms with Gasteiger partial charge in [-0.1, -0.05) is 26.0 Å². The number of para-hydroxylation sites is 2. The van der Waals surface area contributed by atoms with E-state index in [9.17, 15) is 0 Å². The van der Waals surface area contributed by atoms with E-state index < -0.39 is 0 Å². The molecular weight excluding hydrogens is 290 g/mol. The zero-order valence-electron chi connectivity index (χ0n) is 14.8. The third-order valence-electron chi connectivity index (χ3n) is 4.31. The van der Waals surface area contributed by atoms with Gasteiger partial charge >= 0.3 is 0 Å². The number of nitrogens with one attached hydrogen (secondary N) is 1. The summed E-state index contributed by atoms with van der Waals surface area (Å²) in [4.78, 5) is 1.68. The topological polar surface area (TPSA) is 32.1 Å². The van der Waals surface area contributed by atoms with Crippen molar-refractivity contribution in [1.29, 1.82) is 0 Å². The number of hydrogen-bond acceptors (Lipinski definition) is 3. The van der Waals surface area contributed by atoms with Gasteiger partial charge in [-0.2, -0.15) is 0 Å². The highest BCUT2D eigenvalue weighted by molar-refractivity contribution is 5.39. The fourth-order valence-corrected chi connectivity index (χ4v) is 3.50. The first-order valence-electron chi connectivity index (χ1n) is 8.95. The summed E-state index contributed by atoms with van der Waals surface area (Å²) in [6.07, 6.45) is 1.37. The van der Waals surface area contributed by atoms with Crippen molar-refractivity contribution < 1.29 is 19.1 Å². The number of quaternary nitrogens is 1. The number of hydrogen-bond donors (Lipinski definition) is 1. The van der Waals surface area contributed by atoms with Gasteiger partial charge < -0.3 is 19.1 Å². The molecule has 1 aromatic rings. The number of rotatable bonds is 9. The average molecular weight is 322 g/mol. The number of likely N-dealkylation sites (tertiary alicyclic amines) is 1. The van der Waals surface area contributed by atoms with Gasteiger partial charge in [0.15, 0.2) is 11.5 Å². The van der Waals surface area contributed by atoms with Crippen molar-refractivity contribution in [3.63, 3.8) is 0 Å². The van der Waals surface area contributed by atoms with Gasteiger partial charge in [0.2, 0.25) is 0 Å². The molecule has 2 rings (SSSR count). The maximum Gasteiger partial charge on any atom is 0.161 e. The van der Waals surface area contributed by atoms with E-state index in [1.165, 1.54) is 19.5 Å². The summed E-state index contributed by atoms with van der Waals surface area (Å²) in [5, 5.41) is 0. The molecule has 1 heterocycles. The van der Waals surface area contributed by atoms with Crippen LogP contribution in [0.15, 0.2) is 24.3 Å². The summed E-state index contributed by atoms with van der Waals surface area (Å²) in [6.45, 7) is 13.0. The summed E-state index contributed by atoms with van der Waals surface area (Å²) in [5.74, 6) is 3.28. The largest absolute Gasteiger partial charge is 0.490 e. The Morgan fingerprint density at radius 1 is 0.957 bits per heavy atom. The highest BCUT2D eigenvalue weighted by Crippen LogP contribution is 2.26. The second kappa shape index (κ2) is 9.78. The van der Waals surface area contributed by atoms with Crippen LogP contribution in [0.25, 0.3) is 0 Å². The molecule has 1 aliphatic heterocycles. The summed E-state index contributed by atoms with van der Waals surface area (Å²) in [6, 6.07) is 7.78. The van der Waals surface area contributed by atoms with Gasteiger partial charge in [-0.05, 0) is 25.5 Å². The van der Waals surface area contributed by atoms with E-state index in [2.05, 4.69) is 13.8 Å². The predicted molar refractivity (Wildman–Crippen MR) is 92.4 cm³/mol. The van der Waals surface area contributed by atoms with E-state index in [0.29, 0.717) is 19.8 Å². The van der Waals surface area contributed by atoms with Gasteiger partial charge in [0, 0.05) is 11.8 Å². The molecule has 23 heavy (non-hydrogen) atoms. The lowest BCUT2D eigenvalue weighted by molar-refractivity contribution is -0.912. The van der Waals surface area contributed by atoms with Gasteiger partial charge in [-0.3, -0.25) is 0 Å². The summed E-state index contributed by atoms with van der Waals surface area (Å²) in [5.41, 5.74) is 0. The van der Waals surface area contributed by atoms with Crippen molar-refractivity contribution in [3.05, 3.63) is 24.3 Å². The third-order valence-corrected chi connectivity index (χ3v) is 4.31. The number of ether oxygens (including phenoxy) is 3. The van der Waals surface area contributed by atoms with Crippen LogP contribution in [0.4, 0.5) is 0 Å². The van der Waals surface area contributed by atoms with Crippen molar-refractivity contribution in [2.45, 2.75) is 27.2 Å². The van der Waals surface area contributed by atoms with Gasteiger partial charge in [0.25, 0.3) is 0 Å². The van der Waals surface area contributed by atoms with Crippen LogP contribution in [0.1, 0.15) is 27.2 Å². The van der Waals surface area contributed by atoms with Gasteiger partial charge in [-0.15, -0.1) is 0 Å². The van der Waals surface area contributed by atoms with E-state index in [0.717, 1.165) is 36.5 Å². The molecule has 0 aromatic heterocycles. The second-order valence-corrected chi connectivity index (χ2v) is 6.69. The van der Waals surface area contributed by atoms with Crippen LogP contribution < -0.4 is 14.4 Å². The van der Waals surface area contributed by atoms with Crippen molar-refractivity contribution in [2.75, 3.05) is 46.1 Å². The van der Waals surface area contributed by atoms with E-state index in [1.807, 2.05) is 31.2 Å². The molecular formula is C19H32NO3+. The first-order valence-corrected chi connectivity index (χ1v) is 8.95. The molecule has 0 spiro atoms. The highest BCUT2D eigenvalue weighted by Gasteiger charge is 2.24. The van der Waals surface area contributed by atoms with Crippen LogP contribution in [0.2, 0.25) is 0 Å². The van der Waals surface area contributed by atoms with Crippen LogP contribution in [-0.4, -0.2) is 46.1 Å². The Labute approximate surface area is 140 Å². The van der Waals surface area contributed by atoms with E-state index in [-0.39, 0.29) is 0 Å². The summed E-state index contributed by atoms with van der Waals surface area (Å²) < 4.78 is 17.0. The van der Waals surface area contributed by atoms with E-state index in [4.69, 9.17) is 14.2 Å². The normalized spacial score (nSPS) is 24.4. The summed E-state index contributed by atoms with van der Waals surface area (Å²) in [7, 11) is 0. The average Bonchev–Trinajstić information content (AvgIpc) is 2.51. The maximum atomic E-state index is 5.76. The van der Waals surface area contributed by atoms with Crippen LogP contribution in [0, 0.1) is 11.8 Å². The molecule has 0 radical (unpaired) electrons. The molecule has 1 aliphatic rings. The van der Waals surface area contributed by atoms with Crippen LogP contribution >= 0.6 is 0 Å². The van der Waals surface area contributed by atoms with Crippen molar-refractivity contribution in [3.8, 4) is 11.5 Å². The quantitative estimate of drug-likeness (QED) is 0.706. The summed E-state index contributed by atoms with van der Waals surface area (Å²) >= 11 is 0. The minimum Gasteiger partial charge on any atom is -0.490 e. The lowest BCUT2D eigenvalue weighted by atomic mass is 9.92. The Bertz CT molecular complexity index is 442.